The third kappa shape index (κ3) is 3.46. The minimum Gasteiger partial charge on any atom is -0.375 e. The molecule has 0 aromatic carbocycles. The van der Waals surface area contributed by atoms with Crippen LogP contribution in [0.1, 0.15) is 43.8 Å². The summed E-state index contributed by atoms with van der Waals surface area (Å²) in [5.41, 5.74) is 1.16. The summed E-state index contributed by atoms with van der Waals surface area (Å²) in [7, 11) is 0. The minimum atomic E-state index is 0.354. The predicted molar refractivity (Wildman–Crippen MR) is 81.2 cm³/mol. The Morgan fingerprint density at radius 1 is 1.53 bits per heavy atom. The molecular formula is C14H25N3OS. The van der Waals surface area contributed by atoms with Gasteiger partial charge < -0.3 is 15.0 Å². The number of hydrogen-bond donors (Lipinski definition) is 1. The summed E-state index contributed by atoms with van der Waals surface area (Å²) in [6, 6.07) is 0.388. The molecule has 0 saturated carbocycles. The summed E-state index contributed by atoms with van der Waals surface area (Å²) in [5.74, 6) is 0. The second-order valence-electron chi connectivity index (χ2n) is 5.07. The van der Waals surface area contributed by atoms with Crippen LogP contribution in [0.25, 0.3) is 0 Å². The molecule has 19 heavy (non-hydrogen) atoms. The zero-order valence-electron chi connectivity index (χ0n) is 12.4. The van der Waals surface area contributed by atoms with Crippen LogP contribution in [0.5, 0.6) is 0 Å². The highest BCUT2D eigenvalue weighted by Crippen LogP contribution is 2.31. The maximum atomic E-state index is 5.72. The lowest BCUT2D eigenvalue weighted by Crippen LogP contribution is -2.42. The molecule has 1 saturated heterocycles. The number of aromatic nitrogens is 1. The molecule has 108 valence electrons. The first-order valence-electron chi connectivity index (χ1n) is 7.22. The molecule has 0 radical (unpaired) electrons. The van der Waals surface area contributed by atoms with Crippen molar-refractivity contribution in [3.05, 3.63) is 10.6 Å². The molecule has 2 heterocycles. The van der Waals surface area contributed by atoms with E-state index in [1.165, 1.54) is 4.88 Å². The van der Waals surface area contributed by atoms with E-state index in [0.29, 0.717) is 12.1 Å². The fourth-order valence-electron chi connectivity index (χ4n) is 2.47. The first-order valence-corrected chi connectivity index (χ1v) is 8.04. The molecule has 1 fully saturated rings. The molecule has 1 aromatic heterocycles. The summed E-state index contributed by atoms with van der Waals surface area (Å²) >= 11 is 1.82. The number of aryl methyl sites for hydroxylation is 1. The summed E-state index contributed by atoms with van der Waals surface area (Å²) in [6.07, 6.45) is 1.43. The number of nitrogens with zero attached hydrogens (tertiary/aromatic N) is 2. The van der Waals surface area contributed by atoms with E-state index in [2.05, 4.69) is 37.9 Å². The second kappa shape index (κ2) is 6.68. The van der Waals surface area contributed by atoms with Crippen LogP contribution in [0.4, 0.5) is 5.13 Å². The van der Waals surface area contributed by atoms with Gasteiger partial charge in [-0.05, 0) is 26.8 Å². The van der Waals surface area contributed by atoms with Gasteiger partial charge in [0.2, 0.25) is 0 Å². The van der Waals surface area contributed by atoms with Gasteiger partial charge in [-0.15, -0.1) is 11.3 Å². The minimum absolute atomic E-state index is 0.354. The molecule has 1 aromatic rings. The fraction of sp³-hybridized carbons (Fsp3) is 0.786. The van der Waals surface area contributed by atoms with Crippen molar-refractivity contribution in [1.29, 1.82) is 0 Å². The van der Waals surface area contributed by atoms with Gasteiger partial charge >= 0.3 is 0 Å². The predicted octanol–water partition coefficient (Wildman–Crippen LogP) is 2.74. The second-order valence-corrected chi connectivity index (χ2v) is 6.08. The maximum absolute atomic E-state index is 5.72. The Hall–Kier alpha value is -0.650. The Bertz CT molecular complexity index is 407. The molecule has 0 bridgehead atoms. The normalized spacial score (nSPS) is 21.7. The highest BCUT2D eigenvalue weighted by Gasteiger charge is 2.23. The molecule has 0 amide bonds. The van der Waals surface area contributed by atoms with Crippen molar-refractivity contribution >= 4 is 16.5 Å². The highest BCUT2D eigenvalue weighted by atomic mass is 32.1. The number of nitrogens with one attached hydrogen (secondary N) is 1. The summed E-state index contributed by atoms with van der Waals surface area (Å²) < 4.78 is 5.72. The Morgan fingerprint density at radius 2 is 2.32 bits per heavy atom. The van der Waals surface area contributed by atoms with E-state index in [-0.39, 0.29) is 0 Å². The van der Waals surface area contributed by atoms with Crippen molar-refractivity contribution in [2.75, 3.05) is 31.1 Å². The van der Waals surface area contributed by atoms with E-state index in [1.54, 1.807) is 0 Å². The Labute approximate surface area is 120 Å². The largest absolute Gasteiger partial charge is 0.375 e. The van der Waals surface area contributed by atoms with Crippen LogP contribution in [0, 0.1) is 6.92 Å². The average molecular weight is 283 g/mol. The molecule has 0 spiro atoms. The lowest BCUT2D eigenvalue weighted by atomic mass is 10.2. The third-order valence-electron chi connectivity index (χ3n) is 3.59. The van der Waals surface area contributed by atoms with Gasteiger partial charge in [-0.25, -0.2) is 4.98 Å². The SMILES string of the molecule is CCNC(C)c1sc(N2CCOC(CC)C2)nc1C. The number of ether oxygens (including phenoxy) is 1. The van der Waals surface area contributed by atoms with Crippen LogP contribution in [-0.2, 0) is 4.74 Å². The molecule has 1 aliphatic heterocycles. The van der Waals surface area contributed by atoms with Crippen LogP contribution in [0.15, 0.2) is 0 Å². The van der Waals surface area contributed by atoms with E-state index in [4.69, 9.17) is 9.72 Å². The number of hydrogen-bond acceptors (Lipinski definition) is 5. The Morgan fingerprint density at radius 3 is 3.00 bits per heavy atom. The summed E-state index contributed by atoms with van der Waals surface area (Å²) in [6.45, 7) is 12.4. The van der Waals surface area contributed by atoms with Crippen molar-refractivity contribution < 1.29 is 4.74 Å². The smallest absolute Gasteiger partial charge is 0.185 e. The zero-order valence-corrected chi connectivity index (χ0v) is 13.2. The van der Waals surface area contributed by atoms with Crippen molar-refractivity contribution in [3.8, 4) is 0 Å². The molecule has 0 aliphatic carbocycles. The summed E-state index contributed by atoms with van der Waals surface area (Å²) in [5, 5.41) is 4.62. The number of thiazole rings is 1. The topological polar surface area (TPSA) is 37.4 Å². The van der Waals surface area contributed by atoms with Crippen molar-refractivity contribution in [2.45, 2.75) is 46.3 Å². The maximum Gasteiger partial charge on any atom is 0.185 e. The first kappa shape index (κ1) is 14.8. The van der Waals surface area contributed by atoms with E-state index in [9.17, 15) is 0 Å². The molecule has 2 rings (SSSR count). The molecule has 1 aliphatic rings. The highest BCUT2D eigenvalue weighted by molar-refractivity contribution is 7.15. The average Bonchev–Trinajstić information content (AvgIpc) is 2.81. The Balaban J connectivity index is 2.10. The number of morpholine rings is 1. The van der Waals surface area contributed by atoms with Gasteiger partial charge in [0.15, 0.2) is 5.13 Å². The number of rotatable bonds is 5. The zero-order chi connectivity index (χ0) is 13.8. The molecular weight excluding hydrogens is 258 g/mol. The van der Waals surface area contributed by atoms with Gasteiger partial charge in [-0.3, -0.25) is 0 Å². The molecule has 2 atom stereocenters. The molecule has 1 N–H and O–H groups in total. The van der Waals surface area contributed by atoms with Crippen LogP contribution in [-0.4, -0.2) is 37.3 Å². The third-order valence-corrected chi connectivity index (χ3v) is 4.99. The van der Waals surface area contributed by atoms with Gasteiger partial charge in [-0.2, -0.15) is 0 Å². The molecule has 5 heteroatoms. The summed E-state index contributed by atoms with van der Waals surface area (Å²) in [4.78, 5) is 8.49. The number of anilines is 1. The van der Waals surface area contributed by atoms with Crippen LogP contribution in [0.3, 0.4) is 0 Å². The van der Waals surface area contributed by atoms with Gasteiger partial charge in [-0.1, -0.05) is 13.8 Å². The quantitative estimate of drug-likeness (QED) is 0.901. The van der Waals surface area contributed by atoms with Gasteiger partial charge in [0, 0.05) is 24.0 Å². The van der Waals surface area contributed by atoms with E-state index >= 15 is 0 Å². The van der Waals surface area contributed by atoms with Crippen LogP contribution in [0.2, 0.25) is 0 Å². The monoisotopic (exact) mass is 283 g/mol. The standard InChI is InChI=1S/C14H25N3OS/c1-5-12-9-17(7-8-18-12)14-16-11(4)13(19-14)10(3)15-6-2/h10,12,15H,5-9H2,1-4H3. The van der Waals surface area contributed by atoms with E-state index in [1.807, 2.05) is 11.3 Å². The van der Waals surface area contributed by atoms with Crippen molar-refractivity contribution in [3.63, 3.8) is 0 Å². The fourth-order valence-corrected chi connectivity index (χ4v) is 3.60. The van der Waals surface area contributed by atoms with E-state index in [0.717, 1.165) is 43.5 Å². The van der Waals surface area contributed by atoms with Gasteiger partial charge in [0.05, 0.1) is 18.4 Å². The van der Waals surface area contributed by atoms with Gasteiger partial charge in [0.1, 0.15) is 0 Å². The van der Waals surface area contributed by atoms with Crippen LogP contribution < -0.4 is 10.2 Å². The molecule has 2 unspecified atom stereocenters. The first-order chi connectivity index (χ1) is 9.15. The lowest BCUT2D eigenvalue weighted by molar-refractivity contribution is 0.0384. The van der Waals surface area contributed by atoms with Crippen molar-refractivity contribution in [2.24, 2.45) is 0 Å². The van der Waals surface area contributed by atoms with E-state index < -0.39 is 0 Å². The van der Waals surface area contributed by atoms with Gasteiger partial charge in [0.25, 0.3) is 0 Å². The molecule has 4 nitrogen and oxygen atoms in total. The van der Waals surface area contributed by atoms with Crippen molar-refractivity contribution in [1.82, 2.24) is 10.3 Å². The Kier molecular flexibility index (Phi) is 5.19. The van der Waals surface area contributed by atoms with Crippen LogP contribution >= 0.6 is 11.3 Å². The lowest BCUT2D eigenvalue weighted by Gasteiger charge is -2.32.